The number of fused-ring (bicyclic) bond motifs is 1. The minimum Gasteiger partial charge on any atom is -0.335 e. The van der Waals surface area contributed by atoms with Crippen LogP contribution in [-0.4, -0.2) is 48.5 Å². The Kier molecular flexibility index (Phi) is 6.79. The van der Waals surface area contributed by atoms with E-state index in [1.807, 2.05) is 45.0 Å². The number of likely N-dealkylation sites (N-methyl/N-ethyl adjacent to an activating group) is 2. The monoisotopic (exact) mass is 303 g/mol. The van der Waals surface area contributed by atoms with Gasteiger partial charge in [-0.05, 0) is 31.7 Å². The van der Waals surface area contributed by atoms with Crippen molar-refractivity contribution in [3.05, 3.63) is 36.0 Å². The SMILES string of the molecule is CC.CNCC(=O)N(C)CC(=O)n1ccc2ccc(C)cc21. The minimum absolute atomic E-state index is 0.0677. The summed E-state index contributed by atoms with van der Waals surface area (Å²) in [4.78, 5) is 25.4. The summed E-state index contributed by atoms with van der Waals surface area (Å²) in [5, 5.41) is 3.81. The maximum atomic E-state index is 12.3. The molecule has 1 aromatic carbocycles. The summed E-state index contributed by atoms with van der Waals surface area (Å²) in [6.07, 6.45) is 1.75. The van der Waals surface area contributed by atoms with Crippen LogP contribution in [0.1, 0.15) is 24.2 Å². The number of aryl methyl sites for hydroxylation is 1. The lowest BCUT2D eigenvalue weighted by atomic mass is 10.2. The summed E-state index contributed by atoms with van der Waals surface area (Å²) < 4.78 is 1.60. The fourth-order valence-electron chi connectivity index (χ4n) is 2.11. The summed E-state index contributed by atoms with van der Waals surface area (Å²) in [5.41, 5.74) is 1.98. The number of nitrogens with zero attached hydrogens (tertiary/aromatic N) is 2. The first-order valence-corrected chi connectivity index (χ1v) is 7.52. The van der Waals surface area contributed by atoms with E-state index in [0.29, 0.717) is 0 Å². The first kappa shape index (κ1) is 17.9. The Bertz CT molecular complexity index is 646. The van der Waals surface area contributed by atoms with Crippen molar-refractivity contribution in [2.75, 3.05) is 27.2 Å². The molecule has 120 valence electrons. The zero-order valence-electron chi connectivity index (χ0n) is 14.0. The van der Waals surface area contributed by atoms with Crippen molar-refractivity contribution in [1.29, 1.82) is 0 Å². The third-order valence-electron chi connectivity index (χ3n) is 3.24. The van der Waals surface area contributed by atoms with Gasteiger partial charge in [-0.25, -0.2) is 0 Å². The maximum Gasteiger partial charge on any atom is 0.250 e. The van der Waals surface area contributed by atoms with E-state index in [4.69, 9.17) is 0 Å². The highest BCUT2D eigenvalue weighted by Gasteiger charge is 2.15. The molecule has 1 N–H and O–H groups in total. The molecule has 22 heavy (non-hydrogen) atoms. The van der Waals surface area contributed by atoms with E-state index in [9.17, 15) is 9.59 Å². The molecule has 2 aromatic rings. The van der Waals surface area contributed by atoms with Gasteiger partial charge < -0.3 is 10.2 Å². The van der Waals surface area contributed by atoms with Gasteiger partial charge >= 0.3 is 0 Å². The second-order valence-electron chi connectivity index (χ2n) is 4.92. The molecule has 0 bridgehead atoms. The van der Waals surface area contributed by atoms with Crippen LogP contribution in [0.2, 0.25) is 0 Å². The second kappa shape index (κ2) is 8.34. The molecular formula is C17H25N3O2. The van der Waals surface area contributed by atoms with Crippen molar-refractivity contribution in [3.63, 3.8) is 0 Å². The van der Waals surface area contributed by atoms with Gasteiger partial charge in [0.2, 0.25) is 5.91 Å². The lowest BCUT2D eigenvalue weighted by Crippen LogP contribution is -2.38. The third-order valence-corrected chi connectivity index (χ3v) is 3.24. The molecule has 1 heterocycles. The summed E-state index contributed by atoms with van der Waals surface area (Å²) >= 11 is 0. The Morgan fingerprint density at radius 1 is 1.23 bits per heavy atom. The standard InChI is InChI=1S/C15H19N3O2.C2H6/c1-11-4-5-12-6-7-18(13(12)8-11)15(20)10-17(3)14(19)9-16-2;1-2/h4-8,16H,9-10H2,1-3H3;1-2H3. The predicted molar refractivity (Wildman–Crippen MR) is 90.2 cm³/mol. The third kappa shape index (κ3) is 4.18. The number of hydrogen-bond donors (Lipinski definition) is 1. The van der Waals surface area contributed by atoms with Gasteiger partial charge in [-0.15, -0.1) is 0 Å². The number of rotatable bonds is 4. The summed E-state index contributed by atoms with van der Waals surface area (Å²) in [7, 11) is 3.34. The van der Waals surface area contributed by atoms with Gasteiger partial charge in [-0.1, -0.05) is 26.0 Å². The summed E-state index contributed by atoms with van der Waals surface area (Å²) in [6, 6.07) is 7.88. The average Bonchev–Trinajstić information content (AvgIpc) is 2.92. The second-order valence-corrected chi connectivity index (χ2v) is 4.92. The van der Waals surface area contributed by atoms with Gasteiger partial charge in [0, 0.05) is 18.6 Å². The molecule has 0 saturated heterocycles. The van der Waals surface area contributed by atoms with Crippen molar-refractivity contribution >= 4 is 22.7 Å². The van der Waals surface area contributed by atoms with E-state index < -0.39 is 0 Å². The van der Waals surface area contributed by atoms with Crippen molar-refractivity contribution in [2.24, 2.45) is 0 Å². The predicted octanol–water partition coefficient (Wildman–Crippen LogP) is 2.29. The van der Waals surface area contributed by atoms with Gasteiger partial charge in [0.15, 0.2) is 0 Å². The van der Waals surface area contributed by atoms with Crippen molar-refractivity contribution in [3.8, 4) is 0 Å². The molecule has 0 atom stereocenters. The molecule has 0 aliphatic rings. The van der Waals surface area contributed by atoms with Crippen LogP contribution in [0.5, 0.6) is 0 Å². The lowest BCUT2D eigenvalue weighted by molar-refractivity contribution is -0.128. The fourth-order valence-corrected chi connectivity index (χ4v) is 2.11. The Balaban J connectivity index is 0.00000116. The number of hydrogen-bond acceptors (Lipinski definition) is 3. The largest absolute Gasteiger partial charge is 0.335 e. The number of carbonyl (C=O) groups is 2. The number of amides is 1. The molecule has 0 aliphatic carbocycles. The average molecular weight is 303 g/mol. The van der Waals surface area contributed by atoms with Gasteiger partial charge in [0.25, 0.3) is 5.91 Å². The quantitative estimate of drug-likeness (QED) is 0.943. The van der Waals surface area contributed by atoms with Crippen molar-refractivity contribution in [2.45, 2.75) is 20.8 Å². The molecule has 1 aromatic heterocycles. The van der Waals surface area contributed by atoms with Gasteiger partial charge in [-0.2, -0.15) is 0 Å². The molecular weight excluding hydrogens is 278 g/mol. The Morgan fingerprint density at radius 2 is 1.91 bits per heavy atom. The Morgan fingerprint density at radius 3 is 2.55 bits per heavy atom. The Labute approximate surface area is 131 Å². The molecule has 0 saturated carbocycles. The van der Waals surface area contributed by atoms with Crippen LogP contribution in [0.4, 0.5) is 0 Å². The van der Waals surface area contributed by atoms with Crippen LogP contribution in [0.3, 0.4) is 0 Å². The van der Waals surface area contributed by atoms with Crippen molar-refractivity contribution < 1.29 is 9.59 Å². The highest BCUT2D eigenvalue weighted by molar-refractivity contribution is 5.95. The van der Waals surface area contributed by atoms with Crippen LogP contribution in [0.15, 0.2) is 30.5 Å². The number of nitrogens with one attached hydrogen (secondary N) is 1. The van der Waals surface area contributed by atoms with E-state index in [2.05, 4.69) is 5.32 Å². The molecule has 0 fully saturated rings. The first-order valence-electron chi connectivity index (χ1n) is 7.52. The minimum atomic E-state index is -0.113. The molecule has 2 rings (SSSR count). The fraction of sp³-hybridized carbons (Fsp3) is 0.412. The highest BCUT2D eigenvalue weighted by atomic mass is 16.2. The van der Waals surface area contributed by atoms with Crippen LogP contribution < -0.4 is 5.32 Å². The van der Waals surface area contributed by atoms with Crippen LogP contribution in [0.25, 0.3) is 10.9 Å². The van der Waals surface area contributed by atoms with E-state index in [1.54, 1.807) is 24.9 Å². The Hall–Kier alpha value is -2.14. The molecule has 1 amide bonds. The van der Waals surface area contributed by atoms with E-state index in [1.165, 1.54) is 4.90 Å². The van der Waals surface area contributed by atoms with Gasteiger partial charge in [-0.3, -0.25) is 14.2 Å². The zero-order chi connectivity index (χ0) is 16.7. The van der Waals surface area contributed by atoms with Crippen LogP contribution in [0, 0.1) is 6.92 Å². The normalized spacial score (nSPS) is 10.0. The van der Waals surface area contributed by atoms with E-state index in [-0.39, 0.29) is 24.9 Å². The van der Waals surface area contributed by atoms with Gasteiger partial charge in [0.1, 0.15) is 6.54 Å². The molecule has 0 radical (unpaired) electrons. The van der Waals surface area contributed by atoms with E-state index >= 15 is 0 Å². The van der Waals surface area contributed by atoms with Crippen LogP contribution in [-0.2, 0) is 4.79 Å². The smallest absolute Gasteiger partial charge is 0.250 e. The lowest BCUT2D eigenvalue weighted by Gasteiger charge is -2.16. The number of benzene rings is 1. The topological polar surface area (TPSA) is 54.3 Å². The maximum absolute atomic E-state index is 12.3. The molecule has 0 aliphatic heterocycles. The van der Waals surface area contributed by atoms with Crippen molar-refractivity contribution in [1.82, 2.24) is 14.8 Å². The summed E-state index contributed by atoms with van der Waals surface area (Å²) in [6.45, 7) is 6.29. The van der Waals surface area contributed by atoms with E-state index in [0.717, 1.165) is 16.5 Å². The summed E-state index contributed by atoms with van der Waals surface area (Å²) in [5.74, 6) is -0.217. The highest BCUT2D eigenvalue weighted by Crippen LogP contribution is 2.17. The number of aromatic nitrogens is 1. The van der Waals surface area contributed by atoms with Crippen LogP contribution >= 0.6 is 0 Å². The molecule has 5 nitrogen and oxygen atoms in total. The molecule has 0 unspecified atom stereocenters. The first-order chi connectivity index (χ1) is 10.5. The molecule has 0 spiro atoms. The molecule has 5 heteroatoms. The number of carbonyl (C=O) groups excluding carboxylic acids is 2. The zero-order valence-corrected chi connectivity index (χ0v) is 14.0. The van der Waals surface area contributed by atoms with Gasteiger partial charge in [0.05, 0.1) is 12.1 Å².